The lowest BCUT2D eigenvalue weighted by Gasteiger charge is -2.28. The van der Waals surface area contributed by atoms with Gasteiger partial charge in [0.05, 0.1) is 13.2 Å². The second kappa shape index (κ2) is 8.45. The normalized spacial score (nSPS) is 18.1. The van der Waals surface area contributed by atoms with Crippen LogP contribution < -0.4 is 0 Å². The standard InChI is InChI=1S/C13H24FNO2/c1-2-3-4-5-6-7-12(14)13(16)15-8-10-17-11-9-15/h12H,2-11H2,1H3. The summed E-state index contributed by atoms with van der Waals surface area (Å²) in [5, 5.41) is 0. The Balaban J connectivity index is 2.12. The van der Waals surface area contributed by atoms with E-state index in [1.807, 2.05) is 0 Å². The van der Waals surface area contributed by atoms with Crippen LogP contribution in [0.3, 0.4) is 0 Å². The number of hydrogen-bond donors (Lipinski definition) is 0. The molecule has 1 aliphatic rings. The van der Waals surface area contributed by atoms with Gasteiger partial charge in [0, 0.05) is 13.1 Å². The molecular weight excluding hydrogens is 221 g/mol. The SMILES string of the molecule is CCCCCCCC(F)C(=O)N1CCOCC1. The molecule has 0 N–H and O–H groups in total. The Bertz CT molecular complexity index is 217. The largest absolute Gasteiger partial charge is 0.378 e. The van der Waals surface area contributed by atoms with E-state index in [1.54, 1.807) is 4.90 Å². The predicted molar refractivity (Wildman–Crippen MR) is 65.7 cm³/mol. The number of nitrogens with zero attached hydrogens (tertiary/aromatic N) is 1. The van der Waals surface area contributed by atoms with Crippen LogP contribution in [-0.4, -0.2) is 43.3 Å². The molecule has 1 heterocycles. The van der Waals surface area contributed by atoms with Gasteiger partial charge in [0.2, 0.25) is 0 Å². The maximum Gasteiger partial charge on any atom is 0.257 e. The van der Waals surface area contributed by atoms with Gasteiger partial charge in [-0.3, -0.25) is 4.79 Å². The third-order valence-corrected chi connectivity index (χ3v) is 3.15. The van der Waals surface area contributed by atoms with Crippen LogP contribution >= 0.6 is 0 Å². The number of unbranched alkanes of at least 4 members (excludes halogenated alkanes) is 4. The van der Waals surface area contributed by atoms with Crippen molar-refractivity contribution in [1.29, 1.82) is 0 Å². The highest BCUT2D eigenvalue weighted by atomic mass is 19.1. The fraction of sp³-hybridized carbons (Fsp3) is 0.923. The molecule has 1 fully saturated rings. The first-order valence-electron chi connectivity index (χ1n) is 6.76. The zero-order valence-electron chi connectivity index (χ0n) is 10.8. The van der Waals surface area contributed by atoms with E-state index in [-0.39, 0.29) is 5.91 Å². The molecule has 1 rings (SSSR count). The fourth-order valence-corrected chi connectivity index (χ4v) is 2.03. The molecule has 0 spiro atoms. The van der Waals surface area contributed by atoms with E-state index in [9.17, 15) is 9.18 Å². The lowest BCUT2D eigenvalue weighted by atomic mass is 10.1. The van der Waals surface area contributed by atoms with Crippen molar-refractivity contribution in [2.45, 2.75) is 51.6 Å². The maximum absolute atomic E-state index is 13.7. The summed E-state index contributed by atoms with van der Waals surface area (Å²) in [6, 6.07) is 0. The van der Waals surface area contributed by atoms with E-state index in [2.05, 4.69) is 6.92 Å². The number of carbonyl (C=O) groups is 1. The summed E-state index contributed by atoms with van der Waals surface area (Å²) >= 11 is 0. The van der Waals surface area contributed by atoms with Gasteiger partial charge in [-0.2, -0.15) is 0 Å². The highest BCUT2D eigenvalue weighted by Crippen LogP contribution is 2.12. The number of halogens is 1. The van der Waals surface area contributed by atoms with Crippen molar-refractivity contribution in [2.24, 2.45) is 0 Å². The van der Waals surface area contributed by atoms with Crippen molar-refractivity contribution in [1.82, 2.24) is 4.90 Å². The quantitative estimate of drug-likeness (QED) is 0.645. The minimum absolute atomic E-state index is 0.344. The van der Waals surface area contributed by atoms with Crippen molar-refractivity contribution >= 4 is 5.91 Å². The van der Waals surface area contributed by atoms with Gasteiger partial charge < -0.3 is 9.64 Å². The van der Waals surface area contributed by atoms with Crippen molar-refractivity contribution in [3.05, 3.63) is 0 Å². The Morgan fingerprint density at radius 1 is 1.24 bits per heavy atom. The van der Waals surface area contributed by atoms with E-state index in [0.717, 1.165) is 19.3 Å². The summed E-state index contributed by atoms with van der Waals surface area (Å²) in [4.78, 5) is 13.3. The minimum Gasteiger partial charge on any atom is -0.378 e. The molecule has 17 heavy (non-hydrogen) atoms. The molecule has 0 aliphatic carbocycles. The third-order valence-electron chi connectivity index (χ3n) is 3.15. The Kier molecular flexibility index (Phi) is 7.17. The van der Waals surface area contributed by atoms with Crippen LogP contribution in [-0.2, 0) is 9.53 Å². The van der Waals surface area contributed by atoms with Gasteiger partial charge in [-0.1, -0.05) is 39.0 Å². The summed E-state index contributed by atoms with van der Waals surface area (Å²) in [6.45, 7) is 4.30. The van der Waals surface area contributed by atoms with Crippen LogP contribution in [0.1, 0.15) is 45.4 Å². The summed E-state index contributed by atoms with van der Waals surface area (Å²) < 4.78 is 18.8. The smallest absolute Gasteiger partial charge is 0.257 e. The average molecular weight is 245 g/mol. The topological polar surface area (TPSA) is 29.5 Å². The van der Waals surface area contributed by atoms with Crippen molar-refractivity contribution in [3.8, 4) is 0 Å². The zero-order valence-corrected chi connectivity index (χ0v) is 10.8. The number of amides is 1. The molecule has 1 atom stereocenters. The average Bonchev–Trinajstić information content (AvgIpc) is 2.38. The summed E-state index contributed by atoms with van der Waals surface area (Å²) in [5.74, 6) is -0.344. The molecule has 1 amide bonds. The minimum atomic E-state index is -1.31. The molecular formula is C13H24FNO2. The lowest BCUT2D eigenvalue weighted by molar-refractivity contribution is -0.140. The molecule has 1 saturated heterocycles. The molecule has 3 nitrogen and oxygen atoms in total. The van der Waals surface area contributed by atoms with E-state index in [1.165, 1.54) is 12.8 Å². The van der Waals surface area contributed by atoms with Crippen molar-refractivity contribution in [3.63, 3.8) is 0 Å². The molecule has 0 aromatic carbocycles. The summed E-state index contributed by atoms with van der Waals surface area (Å²) in [7, 11) is 0. The number of hydrogen-bond acceptors (Lipinski definition) is 2. The van der Waals surface area contributed by atoms with Crippen LogP contribution in [0.25, 0.3) is 0 Å². The molecule has 1 unspecified atom stereocenters. The van der Waals surface area contributed by atoms with Gasteiger partial charge >= 0.3 is 0 Å². The van der Waals surface area contributed by atoms with E-state index in [4.69, 9.17) is 4.74 Å². The first-order valence-corrected chi connectivity index (χ1v) is 6.76. The molecule has 0 radical (unpaired) electrons. The Morgan fingerprint density at radius 2 is 1.88 bits per heavy atom. The number of rotatable bonds is 7. The molecule has 0 bridgehead atoms. The molecule has 0 aromatic rings. The molecule has 100 valence electrons. The number of alkyl halides is 1. The number of morpholine rings is 1. The lowest BCUT2D eigenvalue weighted by Crippen LogP contribution is -2.44. The molecule has 0 saturated carbocycles. The monoisotopic (exact) mass is 245 g/mol. The van der Waals surface area contributed by atoms with Crippen molar-refractivity contribution < 1.29 is 13.9 Å². The predicted octanol–water partition coefficient (Wildman–Crippen LogP) is 2.54. The molecule has 1 aliphatic heterocycles. The highest BCUT2D eigenvalue weighted by Gasteiger charge is 2.24. The van der Waals surface area contributed by atoms with Crippen LogP contribution in [0.15, 0.2) is 0 Å². The van der Waals surface area contributed by atoms with Gasteiger partial charge in [-0.25, -0.2) is 4.39 Å². The van der Waals surface area contributed by atoms with Gasteiger partial charge in [0.1, 0.15) is 0 Å². The van der Waals surface area contributed by atoms with Crippen molar-refractivity contribution in [2.75, 3.05) is 26.3 Å². The summed E-state index contributed by atoms with van der Waals surface area (Å²) in [6.07, 6.45) is 4.45. The van der Waals surface area contributed by atoms with Gasteiger partial charge in [0.25, 0.3) is 5.91 Å². The van der Waals surface area contributed by atoms with E-state index < -0.39 is 6.17 Å². The zero-order chi connectivity index (χ0) is 12.5. The van der Waals surface area contributed by atoms with Crippen LogP contribution in [0.4, 0.5) is 4.39 Å². The van der Waals surface area contributed by atoms with Gasteiger partial charge in [0.15, 0.2) is 6.17 Å². The summed E-state index contributed by atoms with van der Waals surface area (Å²) in [5.41, 5.74) is 0. The number of ether oxygens (including phenoxy) is 1. The third kappa shape index (κ3) is 5.48. The highest BCUT2D eigenvalue weighted by molar-refractivity contribution is 5.80. The molecule has 0 aromatic heterocycles. The first kappa shape index (κ1) is 14.4. The van der Waals surface area contributed by atoms with Crippen LogP contribution in [0, 0.1) is 0 Å². The number of carbonyl (C=O) groups excluding carboxylic acids is 1. The van der Waals surface area contributed by atoms with Gasteiger partial charge in [-0.15, -0.1) is 0 Å². The Hall–Kier alpha value is -0.640. The second-order valence-electron chi connectivity index (χ2n) is 4.61. The first-order chi connectivity index (χ1) is 8.25. The molecule has 4 heteroatoms. The van der Waals surface area contributed by atoms with Gasteiger partial charge in [-0.05, 0) is 6.42 Å². The van der Waals surface area contributed by atoms with E-state index in [0.29, 0.717) is 32.7 Å². The maximum atomic E-state index is 13.7. The van der Waals surface area contributed by atoms with E-state index >= 15 is 0 Å². The fourth-order valence-electron chi connectivity index (χ4n) is 2.03. The second-order valence-corrected chi connectivity index (χ2v) is 4.61. The Morgan fingerprint density at radius 3 is 2.53 bits per heavy atom. The Labute approximate surface area is 103 Å². The van der Waals surface area contributed by atoms with Crippen LogP contribution in [0.2, 0.25) is 0 Å². The van der Waals surface area contributed by atoms with Crippen LogP contribution in [0.5, 0.6) is 0 Å².